The molecule has 0 saturated carbocycles. The number of hydroxylamine groups is 1. The van der Waals surface area contributed by atoms with Crippen molar-refractivity contribution in [3.05, 3.63) is 27.3 Å². The summed E-state index contributed by atoms with van der Waals surface area (Å²) in [5.74, 6) is 0. The van der Waals surface area contributed by atoms with Crippen LogP contribution >= 0.6 is 15.9 Å². The first-order chi connectivity index (χ1) is 5.75. The average molecular weight is 228 g/mol. The van der Waals surface area contributed by atoms with Crippen molar-refractivity contribution >= 4 is 28.3 Å². The molecule has 0 fully saturated rings. The molecule has 0 spiro atoms. The van der Waals surface area contributed by atoms with E-state index in [1.165, 1.54) is 6.20 Å². The number of nitrogens with one attached hydrogen (secondary N) is 1. The lowest BCUT2D eigenvalue weighted by Crippen LogP contribution is -2.41. The molecule has 12 heavy (non-hydrogen) atoms. The van der Waals surface area contributed by atoms with Crippen molar-refractivity contribution in [3.63, 3.8) is 0 Å². The number of pyridine rings is 1. The lowest BCUT2D eigenvalue weighted by Gasteiger charge is -2.13. The van der Waals surface area contributed by atoms with Crippen LogP contribution in [-0.2, 0) is 0 Å². The van der Waals surface area contributed by atoms with Crippen LogP contribution in [0.15, 0.2) is 16.7 Å². The predicted molar refractivity (Wildman–Crippen MR) is 46.9 cm³/mol. The summed E-state index contributed by atoms with van der Waals surface area (Å²) in [5, 5.41) is 11.5. The van der Waals surface area contributed by atoms with Crippen LogP contribution in [0.3, 0.4) is 0 Å². The van der Waals surface area contributed by atoms with Gasteiger partial charge in [-0.1, -0.05) is 0 Å². The van der Waals surface area contributed by atoms with Crippen LogP contribution in [0.2, 0.25) is 0 Å². The van der Waals surface area contributed by atoms with E-state index in [4.69, 9.17) is 5.21 Å². The van der Waals surface area contributed by atoms with Gasteiger partial charge in [0.05, 0.1) is 11.5 Å². The van der Waals surface area contributed by atoms with Crippen molar-refractivity contribution in [3.8, 4) is 0 Å². The number of nitrogens with zero attached hydrogens (tertiary/aromatic N) is 2. The Morgan fingerprint density at radius 3 is 3.25 bits per heavy atom. The molecule has 0 bridgehead atoms. The standard InChI is InChI=1S/C7H6BrN3O/c8-6-1-5-2-10-11(12)4-7(5)9-3-6/h1-4,10,12H. The van der Waals surface area contributed by atoms with E-state index < -0.39 is 0 Å². The van der Waals surface area contributed by atoms with E-state index >= 15 is 0 Å². The topological polar surface area (TPSA) is 48.4 Å². The number of hydrogen-bond acceptors (Lipinski definition) is 4. The molecule has 0 radical (unpaired) electrons. The van der Waals surface area contributed by atoms with Gasteiger partial charge in [-0.25, -0.2) is 0 Å². The summed E-state index contributed by atoms with van der Waals surface area (Å²) < 4.78 is 0.916. The Kier molecular flexibility index (Phi) is 1.74. The molecule has 0 aromatic carbocycles. The van der Waals surface area contributed by atoms with Gasteiger partial charge >= 0.3 is 0 Å². The zero-order valence-electron chi connectivity index (χ0n) is 6.03. The fourth-order valence-electron chi connectivity index (χ4n) is 0.978. The normalized spacial score (nSPS) is 14.0. The molecule has 0 unspecified atom stereocenters. The number of hydrazine groups is 1. The Balaban J connectivity index is 2.71. The van der Waals surface area contributed by atoms with Crippen LogP contribution in [0.4, 0.5) is 0 Å². The molecular formula is C7H6BrN3O. The predicted octanol–water partition coefficient (Wildman–Crippen LogP) is -0.471. The van der Waals surface area contributed by atoms with Gasteiger partial charge in [-0.3, -0.25) is 15.6 Å². The van der Waals surface area contributed by atoms with E-state index in [2.05, 4.69) is 26.3 Å². The third kappa shape index (κ3) is 1.28. The highest BCUT2D eigenvalue weighted by molar-refractivity contribution is 9.10. The molecule has 4 nitrogen and oxygen atoms in total. The van der Waals surface area contributed by atoms with Gasteiger partial charge < -0.3 is 0 Å². The van der Waals surface area contributed by atoms with Crippen molar-refractivity contribution in [1.82, 2.24) is 15.6 Å². The highest BCUT2D eigenvalue weighted by Gasteiger charge is 1.98. The van der Waals surface area contributed by atoms with Crippen molar-refractivity contribution in [2.75, 3.05) is 0 Å². The third-order valence-electron chi connectivity index (χ3n) is 1.51. The molecule has 1 aliphatic rings. The summed E-state index contributed by atoms with van der Waals surface area (Å²) in [6.45, 7) is 0. The quantitative estimate of drug-likeness (QED) is 0.630. The summed E-state index contributed by atoms with van der Waals surface area (Å²) in [6.07, 6.45) is 4.86. The molecule has 62 valence electrons. The molecule has 1 aromatic heterocycles. The minimum absolute atomic E-state index is 0.736. The van der Waals surface area contributed by atoms with Crippen molar-refractivity contribution in [2.24, 2.45) is 0 Å². The average Bonchev–Trinajstić information content (AvgIpc) is 2.05. The minimum atomic E-state index is 0.736. The van der Waals surface area contributed by atoms with E-state index in [1.54, 1.807) is 12.4 Å². The van der Waals surface area contributed by atoms with E-state index in [0.717, 1.165) is 20.2 Å². The van der Waals surface area contributed by atoms with Gasteiger partial charge in [0.1, 0.15) is 0 Å². The number of aromatic nitrogens is 1. The maximum atomic E-state index is 9.01. The maximum absolute atomic E-state index is 9.01. The minimum Gasteiger partial charge on any atom is -0.282 e. The van der Waals surface area contributed by atoms with Gasteiger partial charge in [0.25, 0.3) is 0 Å². The summed E-state index contributed by atoms with van der Waals surface area (Å²) in [6, 6.07) is 1.92. The van der Waals surface area contributed by atoms with Gasteiger partial charge in [0.2, 0.25) is 0 Å². The van der Waals surface area contributed by atoms with Gasteiger partial charge in [-0.05, 0) is 22.0 Å². The van der Waals surface area contributed by atoms with Crippen LogP contribution < -0.4 is 16.0 Å². The van der Waals surface area contributed by atoms with E-state index in [-0.39, 0.29) is 0 Å². The molecular weight excluding hydrogens is 222 g/mol. The molecule has 0 aliphatic carbocycles. The summed E-state index contributed by atoms with van der Waals surface area (Å²) in [7, 11) is 0. The fourth-order valence-corrected chi connectivity index (χ4v) is 1.33. The Bertz CT molecular complexity index is 417. The zero-order chi connectivity index (χ0) is 8.55. The summed E-state index contributed by atoms with van der Waals surface area (Å²) in [5.41, 5.74) is 2.61. The third-order valence-corrected chi connectivity index (χ3v) is 1.95. The van der Waals surface area contributed by atoms with Gasteiger partial charge in [-0.15, -0.1) is 0 Å². The number of halogens is 1. The molecule has 1 aliphatic heterocycles. The van der Waals surface area contributed by atoms with Crippen LogP contribution in [0.5, 0.6) is 0 Å². The Labute approximate surface area is 76.9 Å². The lowest BCUT2D eigenvalue weighted by molar-refractivity contribution is -0.0504. The molecule has 0 saturated heterocycles. The number of rotatable bonds is 0. The van der Waals surface area contributed by atoms with Crippen LogP contribution in [0.25, 0.3) is 12.4 Å². The van der Waals surface area contributed by atoms with E-state index in [0.29, 0.717) is 0 Å². The maximum Gasteiger partial charge on any atom is 0.0922 e. The van der Waals surface area contributed by atoms with Crippen molar-refractivity contribution < 1.29 is 5.21 Å². The molecule has 2 heterocycles. The van der Waals surface area contributed by atoms with Crippen molar-refractivity contribution in [2.45, 2.75) is 0 Å². The summed E-state index contributed by atoms with van der Waals surface area (Å²) in [4.78, 5) is 4.09. The largest absolute Gasteiger partial charge is 0.282 e. The zero-order valence-corrected chi connectivity index (χ0v) is 7.62. The second-order valence-electron chi connectivity index (χ2n) is 2.38. The lowest BCUT2D eigenvalue weighted by atomic mass is 10.3. The molecule has 2 rings (SSSR count). The first-order valence-electron chi connectivity index (χ1n) is 3.33. The van der Waals surface area contributed by atoms with Gasteiger partial charge in [-0.2, -0.15) is 5.17 Å². The monoisotopic (exact) mass is 227 g/mol. The first-order valence-corrected chi connectivity index (χ1v) is 4.13. The molecule has 0 amide bonds. The second kappa shape index (κ2) is 2.76. The number of fused-ring (bicyclic) bond motifs is 1. The van der Waals surface area contributed by atoms with Crippen LogP contribution in [0, 0.1) is 0 Å². The Morgan fingerprint density at radius 2 is 2.42 bits per heavy atom. The first kappa shape index (κ1) is 7.57. The van der Waals surface area contributed by atoms with E-state index in [1.807, 2.05) is 6.07 Å². The Hall–Kier alpha value is -1.07. The van der Waals surface area contributed by atoms with Gasteiger partial charge in [0.15, 0.2) is 0 Å². The SMILES string of the molecule is ON1C=c2ncc(Br)cc2=CN1. The van der Waals surface area contributed by atoms with E-state index in [9.17, 15) is 0 Å². The highest BCUT2D eigenvalue weighted by Crippen LogP contribution is 2.00. The van der Waals surface area contributed by atoms with Crippen LogP contribution in [-0.4, -0.2) is 15.4 Å². The Morgan fingerprint density at radius 1 is 1.58 bits per heavy atom. The summed E-state index contributed by atoms with van der Waals surface area (Å²) >= 11 is 3.31. The molecule has 1 aromatic rings. The second-order valence-corrected chi connectivity index (χ2v) is 3.29. The molecule has 5 heteroatoms. The number of hydrogen-bond donors (Lipinski definition) is 2. The van der Waals surface area contributed by atoms with Gasteiger partial charge in [0, 0.05) is 22.1 Å². The van der Waals surface area contributed by atoms with Crippen molar-refractivity contribution in [1.29, 1.82) is 0 Å². The smallest absolute Gasteiger partial charge is 0.0922 e. The fraction of sp³-hybridized carbons (Fsp3) is 0. The van der Waals surface area contributed by atoms with Crippen LogP contribution in [0.1, 0.15) is 0 Å². The highest BCUT2D eigenvalue weighted by atomic mass is 79.9. The molecule has 2 N–H and O–H groups in total. The molecule has 0 atom stereocenters.